The number of hydrogen-bond acceptors (Lipinski definition) is 3. The molecule has 11 heavy (non-hydrogen) atoms. The average Bonchev–Trinajstić information content (AvgIpc) is 1.87. The molecule has 4 heteroatoms. The highest BCUT2D eigenvalue weighted by atomic mass is 32.2. The first kappa shape index (κ1) is 11.1. The van der Waals surface area contributed by atoms with Crippen molar-refractivity contribution in [1.29, 1.82) is 0 Å². The first-order valence-electron chi connectivity index (χ1n) is 3.81. The van der Waals surface area contributed by atoms with Crippen LogP contribution in [0.5, 0.6) is 0 Å². The van der Waals surface area contributed by atoms with Crippen molar-refractivity contribution in [1.82, 2.24) is 0 Å². The summed E-state index contributed by atoms with van der Waals surface area (Å²) < 4.78 is 11.2. The second kappa shape index (κ2) is 5.69. The predicted octanol–water partition coefficient (Wildman–Crippen LogP) is -0.147. The molecule has 0 aromatic carbocycles. The molecule has 0 saturated heterocycles. The van der Waals surface area contributed by atoms with Crippen molar-refractivity contribution >= 4 is 10.8 Å². The minimum atomic E-state index is -0.839. The topological polar surface area (TPSA) is 63.3 Å². The van der Waals surface area contributed by atoms with Crippen LogP contribution in [-0.2, 0) is 10.8 Å². The molecule has 0 aromatic rings. The first-order valence-corrected chi connectivity index (χ1v) is 5.19. The Kier molecular flexibility index (Phi) is 5.72. The second-order valence-corrected chi connectivity index (χ2v) is 4.91. The SMILES string of the molecule is CC(C)S(=O)CC(N)CCO. The lowest BCUT2D eigenvalue weighted by atomic mass is 10.3. The normalized spacial score (nSPS) is 16.8. The van der Waals surface area contributed by atoms with E-state index in [0.717, 1.165) is 0 Å². The maximum Gasteiger partial charge on any atom is 0.0446 e. The molecular formula is C7H17NO2S. The van der Waals surface area contributed by atoms with E-state index in [4.69, 9.17) is 10.8 Å². The van der Waals surface area contributed by atoms with Gasteiger partial charge in [0, 0.05) is 34.5 Å². The van der Waals surface area contributed by atoms with E-state index in [0.29, 0.717) is 12.2 Å². The average molecular weight is 179 g/mol. The third-order valence-electron chi connectivity index (χ3n) is 1.40. The number of nitrogens with two attached hydrogens (primary N) is 1. The van der Waals surface area contributed by atoms with Gasteiger partial charge in [0.2, 0.25) is 0 Å². The summed E-state index contributed by atoms with van der Waals surface area (Å²) in [6.07, 6.45) is 0.540. The number of rotatable bonds is 5. The summed E-state index contributed by atoms with van der Waals surface area (Å²) in [5.74, 6) is 0.498. The number of aliphatic hydroxyl groups is 1. The van der Waals surface area contributed by atoms with E-state index in [1.54, 1.807) is 0 Å². The summed E-state index contributed by atoms with van der Waals surface area (Å²) in [5.41, 5.74) is 5.57. The van der Waals surface area contributed by atoms with Gasteiger partial charge in [-0.15, -0.1) is 0 Å². The zero-order valence-electron chi connectivity index (χ0n) is 7.12. The van der Waals surface area contributed by atoms with Crippen molar-refractivity contribution in [2.24, 2.45) is 5.73 Å². The lowest BCUT2D eigenvalue weighted by Crippen LogP contribution is -2.30. The molecule has 0 radical (unpaired) electrons. The molecule has 0 aliphatic heterocycles. The van der Waals surface area contributed by atoms with Gasteiger partial charge in [0.05, 0.1) is 0 Å². The highest BCUT2D eigenvalue weighted by molar-refractivity contribution is 7.85. The van der Waals surface area contributed by atoms with E-state index in [2.05, 4.69) is 0 Å². The number of aliphatic hydroxyl groups excluding tert-OH is 1. The van der Waals surface area contributed by atoms with Crippen LogP contribution in [0.4, 0.5) is 0 Å². The van der Waals surface area contributed by atoms with Crippen molar-refractivity contribution in [2.75, 3.05) is 12.4 Å². The molecule has 0 fully saturated rings. The molecule has 3 N–H and O–H groups in total. The summed E-state index contributed by atoms with van der Waals surface area (Å²) >= 11 is 0. The van der Waals surface area contributed by atoms with Crippen molar-refractivity contribution in [3.63, 3.8) is 0 Å². The molecule has 0 heterocycles. The molecule has 0 rings (SSSR count). The van der Waals surface area contributed by atoms with Gasteiger partial charge >= 0.3 is 0 Å². The van der Waals surface area contributed by atoms with Gasteiger partial charge in [0.1, 0.15) is 0 Å². The Morgan fingerprint density at radius 1 is 1.55 bits per heavy atom. The summed E-state index contributed by atoms with van der Waals surface area (Å²) in [5, 5.41) is 8.68. The minimum Gasteiger partial charge on any atom is -0.396 e. The van der Waals surface area contributed by atoms with Crippen LogP contribution in [0.15, 0.2) is 0 Å². The van der Waals surface area contributed by atoms with Gasteiger partial charge in [-0.2, -0.15) is 0 Å². The van der Waals surface area contributed by atoms with E-state index < -0.39 is 10.8 Å². The summed E-state index contributed by atoms with van der Waals surface area (Å²) in [7, 11) is -0.839. The molecule has 0 aliphatic carbocycles. The molecule has 68 valence electrons. The van der Waals surface area contributed by atoms with Gasteiger partial charge in [-0.05, 0) is 6.42 Å². The molecular weight excluding hydrogens is 162 g/mol. The maximum absolute atomic E-state index is 11.2. The highest BCUT2D eigenvalue weighted by Crippen LogP contribution is 1.98. The predicted molar refractivity (Wildman–Crippen MR) is 47.8 cm³/mol. The quantitative estimate of drug-likeness (QED) is 0.617. The minimum absolute atomic E-state index is 0.0798. The van der Waals surface area contributed by atoms with Crippen LogP contribution in [0.3, 0.4) is 0 Å². The Morgan fingerprint density at radius 2 is 2.09 bits per heavy atom. The molecule has 0 amide bonds. The molecule has 0 aromatic heterocycles. The van der Waals surface area contributed by atoms with Crippen LogP contribution in [-0.4, -0.2) is 33.0 Å². The second-order valence-electron chi connectivity index (χ2n) is 2.87. The third kappa shape index (κ3) is 5.35. The van der Waals surface area contributed by atoms with Crippen LogP contribution in [0.25, 0.3) is 0 Å². The zero-order valence-corrected chi connectivity index (χ0v) is 7.93. The van der Waals surface area contributed by atoms with E-state index >= 15 is 0 Å². The first-order chi connectivity index (χ1) is 5.07. The van der Waals surface area contributed by atoms with Gasteiger partial charge in [-0.3, -0.25) is 4.21 Å². The van der Waals surface area contributed by atoms with Gasteiger partial charge in [-0.1, -0.05) is 13.8 Å². The van der Waals surface area contributed by atoms with Crippen LogP contribution in [0.2, 0.25) is 0 Å². The Hall–Kier alpha value is 0.0700. The molecule has 0 spiro atoms. The fourth-order valence-electron chi connectivity index (χ4n) is 0.653. The number of hydrogen-bond donors (Lipinski definition) is 2. The monoisotopic (exact) mass is 179 g/mol. The van der Waals surface area contributed by atoms with Gasteiger partial charge in [-0.25, -0.2) is 0 Å². The summed E-state index contributed by atoms with van der Waals surface area (Å²) in [4.78, 5) is 0. The van der Waals surface area contributed by atoms with E-state index in [1.807, 2.05) is 13.8 Å². The van der Waals surface area contributed by atoms with Crippen LogP contribution in [0, 0.1) is 0 Å². The Morgan fingerprint density at radius 3 is 2.45 bits per heavy atom. The summed E-state index contributed by atoms with van der Waals surface area (Å²) in [6.45, 7) is 3.89. The molecule has 0 aliphatic rings. The van der Waals surface area contributed by atoms with Gasteiger partial charge in [0.15, 0.2) is 0 Å². The largest absolute Gasteiger partial charge is 0.396 e. The highest BCUT2D eigenvalue weighted by Gasteiger charge is 2.10. The Labute approximate surface area is 70.4 Å². The Balaban J connectivity index is 3.57. The van der Waals surface area contributed by atoms with Crippen molar-refractivity contribution in [3.8, 4) is 0 Å². The molecule has 3 nitrogen and oxygen atoms in total. The summed E-state index contributed by atoms with van der Waals surface area (Å²) in [6, 6.07) is -0.122. The third-order valence-corrected chi connectivity index (χ3v) is 3.21. The van der Waals surface area contributed by atoms with E-state index in [1.165, 1.54) is 0 Å². The van der Waals surface area contributed by atoms with Gasteiger partial charge < -0.3 is 10.8 Å². The van der Waals surface area contributed by atoms with Crippen molar-refractivity contribution in [2.45, 2.75) is 31.6 Å². The molecule has 2 atom stereocenters. The zero-order chi connectivity index (χ0) is 8.85. The lowest BCUT2D eigenvalue weighted by Gasteiger charge is -2.10. The fourth-order valence-corrected chi connectivity index (χ4v) is 1.63. The van der Waals surface area contributed by atoms with E-state index in [-0.39, 0.29) is 17.9 Å². The smallest absolute Gasteiger partial charge is 0.0446 e. The van der Waals surface area contributed by atoms with E-state index in [9.17, 15) is 4.21 Å². The lowest BCUT2D eigenvalue weighted by molar-refractivity contribution is 0.279. The van der Waals surface area contributed by atoms with Crippen LogP contribution in [0.1, 0.15) is 20.3 Å². The Bertz CT molecular complexity index is 128. The van der Waals surface area contributed by atoms with Gasteiger partial charge in [0.25, 0.3) is 0 Å². The molecule has 2 unspecified atom stereocenters. The van der Waals surface area contributed by atoms with Crippen LogP contribution < -0.4 is 5.73 Å². The standard InChI is InChI=1S/C7H17NO2S/c1-6(2)11(10)5-7(8)3-4-9/h6-7,9H,3-5,8H2,1-2H3. The maximum atomic E-state index is 11.2. The molecule has 0 bridgehead atoms. The van der Waals surface area contributed by atoms with Crippen molar-refractivity contribution < 1.29 is 9.32 Å². The fraction of sp³-hybridized carbons (Fsp3) is 1.00. The van der Waals surface area contributed by atoms with Crippen molar-refractivity contribution in [3.05, 3.63) is 0 Å². The molecule has 0 saturated carbocycles. The van der Waals surface area contributed by atoms with Crippen LogP contribution >= 0.6 is 0 Å².